The van der Waals surface area contributed by atoms with Gasteiger partial charge in [0.25, 0.3) is 0 Å². The van der Waals surface area contributed by atoms with Gasteiger partial charge in [-0.1, -0.05) is 13.0 Å². The molecule has 2 aromatic rings. The van der Waals surface area contributed by atoms with E-state index in [2.05, 4.69) is 5.32 Å². The van der Waals surface area contributed by atoms with Gasteiger partial charge in [-0.05, 0) is 24.1 Å². The number of rotatable bonds is 10. The van der Waals surface area contributed by atoms with Crippen LogP contribution in [0.15, 0.2) is 36.4 Å². The first-order valence-corrected chi connectivity index (χ1v) is 9.13. The lowest BCUT2D eigenvalue weighted by atomic mass is 10.1. The van der Waals surface area contributed by atoms with Crippen molar-refractivity contribution in [1.29, 1.82) is 0 Å². The first-order chi connectivity index (χ1) is 14.4. The Balaban J connectivity index is 2.18. The smallest absolute Gasteiger partial charge is 0.311 e. The second-order valence-corrected chi connectivity index (χ2v) is 6.07. The van der Waals surface area contributed by atoms with Crippen LogP contribution in [0.1, 0.15) is 18.9 Å². The molecule has 2 aromatic carbocycles. The number of ether oxygens (including phenoxy) is 4. The molecule has 0 aliphatic carbocycles. The summed E-state index contributed by atoms with van der Waals surface area (Å²) in [6.07, 6.45) is 3.48. The van der Waals surface area contributed by atoms with Gasteiger partial charge in [0.15, 0.2) is 17.2 Å². The molecule has 2 rings (SSSR count). The summed E-state index contributed by atoms with van der Waals surface area (Å²) in [5.41, 5.74) is 0.773. The fraction of sp³-hybridized carbons (Fsp3) is 0.286. The highest BCUT2D eigenvalue weighted by molar-refractivity contribution is 6.02. The van der Waals surface area contributed by atoms with E-state index < -0.39 is 10.8 Å². The molecular weight excluding hydrogens is 392 g/mol. The maximum Gasteiger partial charge on any atom is 0.311 e. The molecule has 160 valence electrons. The summed E-state index contributed by atoms with van der Waals surface area (Å²) >= 11 is 0. The Labute approximate surface area is 174 Å². The maximum absolute atomic E-state index is 12.3. The first-order valence-electron chi connectivity index (χ1n) is 9.13. The van der Waals surface area contributed by atoms with Gasteiger partial charge in [0.2, 0.25) is 11.7 Å². The Morgan fingerprint density at radius 2 is 1.73 bits per heavy atom. The van der Waals surface area contributed by atoms with Gasteiger partial charge in [-0.25, -0.2) is 0 Å². The third kappa shape index (κ3) is 5.63. The average molecular weight is 416 g/mol. The highest BCUT2D eigenvalue weighted by atomic mass is 16.6. The SMILES string of the molecule is CCCOc1ccc(/C=C/C(=O)Nc2cc(OC)c(OC)c(OC)c2)cc1[N+](=O)[O-]. The van der Waals surface area contributed by atoms with Crippen LogP contribution in [0.25, 0.3) is 6.08 Å². The molecule has 0 atom stereocenters. The van der Waals surface area contributed by atoms with Gasteiger partial charge in [-0.15, -0.1) is 0 Å². The van der Waals surface area contributed by atoms with Gasteiger partial charge >= 0.3 is 5.69 Å². The van der Waals surface area contributed by atoms with Crippen molar-refractivity contribution in [3.05, 3.63) is 52.1 Å². The largest absolute Gasteiger partial charge is 0.493 e. The van der Waals surface area contributed by atoms with Crippen LogP contribution in [0.4, 0.5) is 11.4 Å². The third-order valence-corrected chi connectivity index (χ3v) is 4.00. The average Bonchev–Trinajstić information content (AvgIpc) is 2.75. The van der Waals surface area contributed by atoms with E-state index in [1.54, 1.807) is 18.2 Å². The monoisotopic (exact) mass is 416 g/mol. The number of nitro benzene ring substituents is 1. The second kappa shape index (κ2) is 10.7. The number of hydrogen-bond donors (Lipinski definition) is 1. The van der Waals surface area contributed by atoms with Crippen LogP contribution in [-0.2, 0) is 4.79 Å². The molecule has 0 spiro atoms. The second-order valence-electron chi connectivity index (χ2n) is 6.07. The fourth-order valence-electron chi connectivity index (χ4n) is 2.62. The Bertz CT molecular complexity index is 916. The number of carbonyl (C=O) groups excluding carboxylic acids is 1. The molecule has 0 fully saturated rings. The zero-order chi connectivity index (χ0) is 22.1. The molecule has 0 radical (unpaired) electrons. The van der Waals surface area contributed by atoms with Crippen LogP contribution in [0.5, 0.6) is 23.0 Å². The predicted molar refractivity (Wildman–Crippen MR) is 113 cm³/mol. The van der Waals surface area contributed by atoms with Gasteiger partial charge < -0.3 is 24.3 Å². The molecule has 0 aromatic heterocycles. The minimum absolute atomic E-state index is 0.157. The molecule has 9 heteroatoms. The van der Waals surface area contributed by atoms with Crippen molar-refractivity contribution in [2.45, 2.75) is 13.3 Å². The summed E-state index contributed by atoms with van der Waals surface area (Å²) in [7, 11) is 4.44. The standard InChI is InChI=1S/C21H24N2O7/c1-5-10-30-17-8-6-14(11-16(17)23(25)26)7-9-20(24)22-15-12-18(27-2)21(29-4)19(13-15)28-3/h6-9,11-13H,5,10H2,1-4H3,(H,22,24)/b9-7+. The minimum atomic E-state index is -0.516. The number of amides is 1. The summed E-state index contributed by atoms with van der Waals surface area (Å²) in [5.74, 6) is 0.967. The van der Waals surface area contributed by atoms with Crippen molar-refractivity contribution in [1.82, 2.24) is 0 Å². The van der Waals surface area contributed by atoms with Crippen LogP contribution in [0, 0.1) is 10.1 Å². The van der Waals surface area contributed by atoms with Gasteiger partial charge in [0.1, 0.15) is 0 Å². The van der Waals surface area contributed by atoms with Crippen LogP contribution < -0.4 is 24.3 Å². The maximum atomic E-state index is 12.3. The zero-order valence-corrected chi connectivity index (χ0v) is 17.3. The molecule has 0 unspecified atom stereocenters. The lowest BCUT2D eigenvalue weighted by molar-refractivity contribution is -0.385. The summed E-state index contributed by atoms with van der Waals surface area (Å²) < 4.78 is 21.1. The normalized spacial score (nSPS) is 10.5. The number of benzene rings is 2. The van der Waals surface area contributed by atoms with E-state index in [1.807, 2.05) is 6.92 Å². The summed E-state index contributed by atoms with van der Waals surface area (Å²) in [6, 6.07) is 7.70. The number of carbonyl (C=O) groups is 1. The van der Waals surface area contributed by atoms with Crippen molar-refractivity contribution in [2.24, 2.45) is 0 Å². The van der Waals surface area contributed by atoms with Gasteiger partial charge in [0.05, 0.1) is 32.9 Å². The summed E-state index contributed by atoms with van der Waals surface area (Å²) in [5, 5.41) is 14.0. The van der Waals surface area contributed by atoms with Crippen molar-refractivity contribution in [3.63, 3.8) is 0 Å². The van der Waals surface area contributed by atoms with Crippen molar-refractivity contribution in [3.8, 4) is 23.0 Å². The van der Waals surface area contributed by atoms with E-state index in [-0.39, 0.29) is 11.4 Å². The van der Waals surface area contributed by atoms with E-state index in [1.165, 1.54) is 45.6 Å². The number of methoxy groups -OCH3 is 3. The minimum Gasteiger partial charge on any atom is -0.493 e. The lowest BCUT2D eigenvalue weighted by Crippen LogP contribution is -2.08. The van der Waals surface area contributed by atoms with Crippen LogP contribution in [0.3, 0.4) is 0 Å². The van der Waals surface area contributed by atoms with Crippen molar-refractivity contribution in [2.75, 3.05) is 33.3 Å². The topological polar surface area (TPSA) is 109 Å². The highest BCUT2D eigenvalue weighted by Gasteiger charge is 2.16. The molecule has 1 N–H and O–H groups in total. The summed E-state index contributed by atoms with van der Waals surface area (Å²) in [4.78, 5) is 23.1. The molecule has 0 saturated heterocycles. The molecule has 30 heavy (non-hydrogen) atoms. The molecule has 0 saturated carbocycles. The Morgan fingerprint density at radius 1 is 1.07 bits per heavy atom. The number of hydrogen-bond acceptors (Lipinski definition) is 7. The Hall–Kier alpha value is -3.75. The van der Waals surface area contributed by atoms with Crippen LogP contribution >= 0.6 is 0 Å². The molecule has 0 bridgehead atoms. The van der Waals surface area contributed by atoms with E-state index >= 15 is 0 Å². The quantitative estimate of drug-likeness (QED) is 0.353. The molecule has 9 nitrogen and oxygen atoms in total. The first kappa shape index (κ1) is 22.5. The zero-order valence-electron chi connectivity index (χ0n) is 17.3. The molecular formula is C21H24N2O7. The van der Waals surface area contributed by atoms with E-state index in [0.29, 0.717) is 35.1 Å². The summed E-state index contributed by atoms with van der Waals surface area (Å²) in [6.45, 7) is 2.29. The van der Waals surface area contributed by atoms with Gasteiger partial charge in [0, 0.05) is 30.0 Å². The number of nitrogens with one attached hydrogen (secondary N) is 1. The molecule has 0 aliphatic heterocycles. The molecule has 1 amide bonds. The molecule has 0 aliphatic rings. The number of anilines is 1. The van der Waals surface area contributed by atoms with E-state index in [0.717, 1.165) is 6.42 Å². The third-order valence-electron chi connectivity index (χ3n) is 4.00. The lowest BCUT2D eigenvalue weighted by Gasteiger charge is -2.14. The Kier molecular flexibility index (Phi) is 8.04. The van der Waals surface area contributed by atoms with Gasteiger partial charge in [-0.2, -0.15) is 0 Å². The number of nitro groups is 1. The highest BCUT2D eigenvalue weighted by Crippen LogP contribution is 2.39. The van der Waals surface area contributed by atoms with Crippen molar-refractivity contribution >= 4 is 23.4 Å². The fourth-order valence-corrected chi connectivity index (χ4v) is 2.62. The van der Waals surface area contributed by atoms with E-state index in [4.69, 9.17) is 18.9 Å². The molecule has 0 heterocycles. The van der Waals surface area contributed by atoms with Crippen molar-refractivity contribution < 1.29 is 28.7 Å². The number of nitrogens with zero attached hydrogens (tertiary/aromatic N) is 1. The van der Waals surface area contributed by atoms with E-state index in [9.17, 15) is 14.9 Å². The predicted octanol–water partition coefficient (Wildman–Crippen LogP) is 4.06. The van der Waals surface area contributed by atoms with Gasteiger partial charge in [-0.3, -0.25) is 14.9 Å². The Morgan fingerprint density at radius 3 is 2.27 bits per heavy atom. The van der Waals surface area contributed by atoms with Crippen LogP contribution in [0.2, 0.25) is 0 Å². The van der Waals surface area contributed by atoms with Crippen LogP contribution in [-0.4, -0.2) is 38.8 Å².